The van der Waals surface area contributed by atoms with E-state index in [2.05, 4.69) is 44.9 Å². The normalized spacial score (nSPS) is 11.9. The van der Waals surface area contributed by atoms with E-state index >= 15 is 0 Å². The Morgan fingerprint density at radius 1 is 1.50 bits per heavy atom. The molecule has 0 radical (unpaired) electrons. The molecule has 1 aromatic rings. The summed E-state index contributed by atoms with van der Waals surface area (Å²) in [4.78, 5) is 0. The van der Waals surface area contributed by atoms with Gasteiger partial charge in [-0.15, -0.1) is 0 Å². The lowest BCUT2D eigenvalue weighted by molar-refractivity contribution is 0.621. The van der Waals surface area contributed by atoms with E-state index < -0.39 is 0 Å². The van der Waals surface area contributed by atoms with E-state index in [1.807, 2.05) is 0 Å². The van der Waals surface area contributed by atoms with Gasteiger partial charge >= 0.3 is 0 Å². The van der Waals surface area contributed by atoms with Gasteiger partial charge in [-0.25, -0.2) is 4.39 Å². The maximum atomic E-state index is 12.9. The molecule has 0 heterocycles. The largest absolute Gasteiger partial charge is 0.206 e. The van der Waals surface area contributed by atoms with E-state index in [1.165, 1.54) is 11.6 Å². The first-order valence-corrected chi connectivity index (χ1v) is 6.29. The van der Waals surface area contributed by atoms with E-state index in [0.717, 1.165) is 17.3 Å². The lowest BCUT2D eigenvalue weighted by atomic mass is 10.1. The van der Waals surface area contributed by atoms with Gasteiger partial charge in [-0.3, -0.25) is 0 Å². The van der Waals surface area contributed by atoms with Crippen molar-refractivity contribution in [2.75, 3.05) is 5.33 Å². The first-order chi connectivity index (χ1) is 6.67. The Bertz CT molecular complexity index is 339. The van der Waals surface area contributed by atoms with E-state index in [-0.39, 0.29) is 5.82 Å². The van der Waals surface area contributed by atoms with Gasteiger partial charge in [0.2, 0.25) is 0 Å². The molecule has 0 spiro atoms. The molecule has 0 aliphatic heterocycles. The Morgan fingerprint density at radius 3 is 2.71 bits per heavy atom. The maximum absolute atomic E-state index is 12.9. The van der Waals surface area contributed by atoms with Gasteiger partial charge in [0.1, 0.15) is 5.82 Å². The minimum absolute atomic E-state index is 0.223. The zero-order chi connectivity index (χ0) is 10.6. The van der Waals surface area contributed by atoms with Crippen LogP contribution in [0.5, 0.6) is 0 Å². The van der Waals surface area contributed by atoms with Crippen molar-refractivity contribution in [1.29, 1.82) is 0 Å². The molecule has 0 amide bonds. The summed E-state index contributed by atoms with van der Waals surface area (Å²) in [5, 5.41) is 0.860. The average molecular weight is 322 g/mol. The fourth-order valence-corrected chi connectivity index (χ4v) is 2.03. The van der Waals surface area contributed by atoms with Crippen molar-refractivity contribution >= 4 is 37.9 Å². The highest BCUT2D eigenvalue weighted by molar-refractivity contribution is 9.10. The molecule has 0 nitrogen and oxygen atoms in total. The third-order valence-corrected chi connectivity index (χ3v) is 3.27. The summed E-state index contributed by atoms with van der Waals surface area (Å²) in [7, 11) is 0. The van der Waals surface area contributed by atoms with Crippen LogP contribution in [-0.4, -0.2) is 5.33 Å². The zero-order valence-electron chi connectivity index (χ0n) is 7.86. The van der Waals surface area contributed by atoms with Crippen LogP contribution in [0, 0.1) is 5.82 Å². The predicted molar refractivity (Wildman–Crippen MR) is 66.2 cm³/mol. The summed E-state index contributed by atoms with van der Waals surface area (Å²) in [6.45, 7) is 2.10. The van der Waals surface area contributed by atoms with Crippen LogP contribution in [0.25, 0.3) is 6.08 Å². The monoisotopic (exact) mass is 320 g/mol. The molecule has 1 rings (SSSR count). The van der Waals surface area contributed by atoms with Crippen molar-refractivity contribution < 1.29 is 4.39 Å². The van der Waals surface area contributed by atoms with Gasteiger partial charge in [0.25, 0.3) is 0 Å². The van der Waals surface area contributed by atoms with Gasteiger partial charge < -0.3 is 0 Å². The van der Waals surface area contributed by atoms with Gasteiger partial charge in [-0.05, 0) is 40.0 Å². The SMILES string of the molecule is CCC(=Cc1ccc(F)c(Br)c1)CBr. The van der Waals surface area contributed by atoms with Crippen molar-refractivity contribution in [2.24, 2.45) is 0 Å². The molecule has 1 aromatic carbocycles. The summed E-state index contributed by atoms with van der Waals surface area (Å²) >= 11 is 6.58. The Balaban J connectivity index is 2.97. The molecule has 0 aliphatic carbocycles. The van der Waals surface area contributed by atoms with Crippen molar-refractivity contribution in [3.8, 4) is 0 Å². The van der Waals surface area contributed by atoms with Gasteiger partial charge in [-0.2, -0.15) is 0 Å². The van der Waals surface area contributed by atoms with Crippen molar-refractivity contribution in [2.45, 2.75) is 13.3 Å². The molecular weight excluding hydrogens is 311 g/mol. The maximum Gasteiger partial charge on any atom is 0.137 e. The van der Waals surface area contributed by atoms with Gasteiger partial charge in [0, 0.05) is 5.33 Å². The zero-order valence-corrected chi connectivity index (χ0v) is 11.0. The molecule has 14 heavy (non-hydrogen) atoms. The number of alkyl halides is 1. The molecular formula is C11H11Br2F. The van der Waals surface area contributed by atoms with Crippen molar-refractivity contribution in [1.82, 2.24) is 0 Å². The summed E-state index contributed by atoms with van der Waals surface area (Å²) in [5.74, 6) is -0.223. The van der Waals surface area contributed by atoms with Crippen LogP contribution in [0.15, 0.2) is 28.2 Å². The van der Waals surface area contributed by atoms with Gasteiger partial charge in [0.05, 0.1) is 4.47 Å². The third kappa shape index (κ3) is 3.21. The molecule has 0 bridgehead atoms. The standard InChI is InChI=1S/C11H11Br2F/c1-2-8(7-12)5-9-3-4-11(14)10(13)6-9/h3-6H,2,7H2,1H3. The minimum atomic E-state index is -0.223. The van der Waals surface area contributed by atoms with Crippen LogP contribution in [0.4, 0.5) is 4.39 Å². The highest BCUT2D eigenvalue weighted by atomic mass is 79.9. The second-order valence-corrected chi connectivity index (χ2v) is 4.38. The van der Waals surface area contributed by atoms with Crippen molar-refractivity contribution in [3.05, 3.63) is 39.6 Å². The molecule has 0 N–H and O–H groups in total. The summed E-state index contributed by atoms with van der Waals surface area (Å²) in [6, 6.07) is 5.03. The lowest BCUT2D eigenvalue weighted by Gasteiger charge is -2.01. The number of hydrogen-bond acceptors (Lipinski definition) is 0. The molecule has 0 unspecified atom stereocenters. The van der Waals surface area contributed by atoms with Crippen LogP contribution in [0.2, 0.25) is 0 Å². The molecule has 0 fully saturated rings. The molecule has 0 atom stereocenters. The number of allylic oxidation sites excluding steroid dienone is 1. The first-order valence-electron chi connectivity index (χ1n) is 4.37. The summed E-state index contributed by atoms with van der Waals surface area (Å²) in [5.41, 5.74) is 2.32. The van der Waals surface area contributed by atoms with Crippen LogP contribution in [-0.2, 0) is 0 Å². The van der Waals surface area contributed by atoms with Crippen molar-refractivity contribution in [3.63, 3.8) is 0 Å². The number of rotatable bonds is 3. The Kier molecular flexibility index (Phi) is 4.82. The fraction of sp³-hybridized carbons (Fsp3) is 0.273. The predicted octanol–water partition coefficient (Wildman–Crippen LogP) is 4.78. The lowest BCUT2D eigenvalue weighted by Crippen LogP contribution is -1.84. The second-order valence-electron chi connectivity index (χ2n) is 2.96. The molecule has 0 saturated carbocycles. The molecule has 0 aliphatic rings. The number of halogens is 3. The topological polar surface area (TPSA) is 0 Å². The number of hydrogen-bond donors (Lipinski definition) is 0. The fourth-order valence-electron chi connectivity index (χ4n) is 1.07. The van der Waals surface area contributed by atoms with E-state index in [4.69, 9.17) is 0 Å². The van der Waals surface area contributed by atoms with Crippen LogP contribution < -0.4 is 0 Å². The van der Waals surface area contributed by atoms with E-state index in [9.17, 15) is 4.39 Å². The Labute approximate surface area is 100 Å². The van der Waals surface area contributed by atoms with Gasteiger partial charge in [-0.1, -0.05) is 40.6 Å². The minimum Gasteiger partial charge on any atom is -0.206 e. The van der Waals surface area contributed by atoms with E-state index in [0.29, 0.717) is 4.47 Å². The highest BCUT2D eigenvalue weighted by Gasteiger charge is 1.99. The molecule has 76 valence electrons. The Hall–Kier alpha value is -0.150. The summed E-state index contributed by atoms with van der Waals surface area (Å²) < 4.78 is 13.4. The summed E-state index contributed by atoms with van der Waals surface area (Å²) in [6.07, 6.45) is 3.07. The highest BCUT2D eigenvalue weighted by Crippen LogP contribution is 2.19. The first kappa shape index (κ1) is 11.9. The molecule has 3 heteroatoms. The quantitative estimate of drug-likeness (QED) is 0.703. The smallest absolute Gasteiger partial charge is 0.137 e. The Morgan fingerprint density at radius 2 is 2.21 bits per heavy atom. The molecule has 0 saturated heterocycles. The van der Waals surface area contributed by atoms with E-state index in [1.54, 1.807) is 12.1 Å². The van der Waals surface area contributed by atoms with Gasteiger partial charge in [0.15, 0.2) is 0 Å². The van der Waals surface area contributed by atoms with Crippen LogP contribution in [0.3, 0.4) is 0 Å². The second kappa shape index (κ2) is 5.66. The molecule has 0 aromatic heterocycles. The van der Waals surface area contributed by atoms with Crippen LogP contribution >= 0.6 is 31.9 Å². The third-order valence-electron chi connectivity index (χ3n) is 1.94. The average Bonchev–Trinajstić information content (AvgIpc) is 2.19. The number of benzene rings is 1. The van der Waals surface area contributed by atoms with Crippen LogP contribution in [0.1, 0.15) is 18.9 Å².